The van der Waals surface area contributed by atoms with E-state index in [-0.39, 0.29) is 17.8 Å². The normalized spacial score (nSPS) is 14.8. The van der Waals surface area contributed by atoms with Crippen molar-refractivity contribution in [1.29, 1.82) is 0 Å². The maximum Gasteiger partial charge on any atom is 0.254 e. The molecule has 0 bridgehead atoms. The van der Waals surface area contributed by atoms with E-state index in [1.54, 1.807) is 12.1 Å². The lowest BCUT2D eigenvalue weighted by molar-refractivity contribution is 0.0614. The number of hydrogen-bond donors (Lipinski definition) is 0. The Labute approximate surface area is 181 Å². The molecule has 1 heterocycles. The summed E-state index contributed by atoms with van der Waals surface area (Å²) in [6.45, 7) is 4.49. The summed E-state index contributed by atoms with van der Waals surface area (Å²) < 4.78 is 13.4. The van der Waals surface area contributed by atoms with E-state index in [9.17, 15) is 9.18 Å². The van der Waals surface area contributed by atoms with E-state index in [0.29, 0.717) is 17.3 Å². The van der Waals surface area contributed by atoms with E-state index < -0.39 is 0 Å². The Kier molecular flexibility index (Phi) is 6.05. The van der Waals surface area contributed by atoms with Crippen LogP contribution >= 0.6 is 11.6 Å². The highest BCUT2D eigenvalue weighted by molar-refractivity contribution is 6.30. The van der Waals surface area contributed by atoms with Crippen LogP contribution in [0.1, 0.15) is 59.2 Å². The summed E-state index contributed by atoms with van der Waals surface area (Å²) in [6.07, 6.45) is 5.37. The van der Waals surface area contributed by atoms with Crippen LogP contribution in [0.4, 0.5) is 4.39 Å². The Morgan fingerprint density at radius 1 is 1.10 bits per heavy atom. The van der Waals surface area contributed by atoms with Gasteiger partial charge in [-0.15, -0.1) is 0 Å². The van der Waals surface area contributed by atoms with Crippen LogP contribution in [-0.4, -0.2) is 21.8 Å². The maximum absolute atomic E-state index is 13.4. The molecule has 156 valence electrons. The second kappa shape index (κ2) is 8.73. The van der Waals surface area contributed by atoms with Gasteiger partial charge in [0.2, 0.25) is 0 Å². The van der Waals surface area contributed by atoms with Gasteiger partial charge in [0.25, 0.3) is 5.91 Å². The van der Waals surface area contributed by atoms with Gasteiger partial charge in [0.1, 0.15) is 11.0 Å². The van der Waals surface area contributed by atoms with Gasteiger partial charge >= 0.3 is 0 Å². The number of amides is 1. The zero-order chi connectivity index (χ0) is 21.3. The molecular weight excluding hydrogens is 399 g/mol. The van der Waals surface area contributed by atoms with Crippen molar-refractivity contribution in [2.45, 2.75) is 58.5 Å². The van der Waals surface area contributed by atoms with Gasteiger partial charge in [-0.25, -0.2) is 9.37 Å². The number of carbonyl (C=O) groups is 1. The fraction of sp³-hybridized carbons (Fsp3) is 0.360. The van der Waals surface area contributed by atoms with Crippen LogP contribution in [-0.2, 0) is 6.54 Å². The topological polar surface area (TPSA) is 33.2 Å². The average Bonchev–Trinajstić information content (AvgIpc) is 2.73. The van der Waals surface area contributed by atoms with Gasteiger partial charge in [0.05, 0.1) is 5.52 Å². The Hall–Kier alpha value is -2.46. The maximum atomic E-state index is 13.4. The zero-order valence-corrected chi connectivity index (χ0v) is 18.2. The molecule has 1 fully saturated rings. The Morgan fingerprint density at radius 2 is 1.80 bits per heavy atom. The van der Waals surface area contributed by atoms with Gasteiger partial charge in [-0.3, -0.25) is 4.79 Å². The third-order valence-electron chi connectivity index (χ3n) is 5.99. The van der Waals surface area contributed by atoms with Crippen LogP contribution in [0.2, 0.25) is 5.15 Å². The zero-order valence-electron chi connectivity index (χ0n) is 17.4. The lowest BCUT2D eigenvalue weighted by Crippen LogP contribution is -2.41. The lowest BCUT2D eigenvalue weighted by atomic mass is 9.93. The summed E-state index contributed by atoms with van der Waals surface area (Å²) in [5.74, 6) is -0.429. The van der Waals surface area contributed by atoms with Gasteiger partial charge in [-0.1, -0.05) is 42.5 Å². The molecule has 1 amide bonds. The third-order valence-corrected chi connectivity index (χ3v) is 6.31. The van der Waals surface area contributed by atoms with Crippen molar-refractivity contribution in [1.82, 2.24) is 9.88 Å². The quantitative estimate of drug-likeness (QED) is 0.441. The SMILES string of the molecule is Cc1cc(C)c2nc(Cl)c(CN(C(=O)c3ccc(F)cc3)C3CCCCC3)cc2c1. The molecule has 2 aromatic carbocycles. The van der Waals surface area contributed by atoms with Crippen molar-refractivity contribution in [3.8, 4) is 0 Å². The second-order valence-corrected chi connectivity index (χ2v) is 8.68. The number of aromatic nitrogens is 1. The standard InChI is InChI=1S/C25H26ClFN2O/c1-16-12-17(2)23-19(13-16)14-20(24(26)28-23)15-29(22-6-4-3-5-7-22)25(30)18-8-10-21(27)11-9-18/h8-14,22H,3-7,15H2,1-2H3. The minimum Gasteiger partial charge on any atom is -0.331 e. The first-order valence-electron chi connectivity index (χ1n) is 10.6. The predicted octanol–water partition coefficient (Wildman–Crippen LogP) is 6.62. The molecule has 0 spiro atoms. The lowest BCUT2D eigenvalue weighted by Gasteiger charge is -2.35. The molecule has 0 atom stereocenters. The minimum absolute atomic E-state index is 0.0847. The summed E-state index contributed by atoms with van der Waals surface area (Å²) in [7, 11) is 0. The highest BCUT2D eigenvalue weighted by Crippen LogP contribution is 2.29. The fourth-order valence-corrected chi connectivity index (χ4v) is 4.68. The number of halogens is 2. The summed E-state index contributed by atoms with van der Waals surface area (Å²) in [5.41, 5.74) is 4.49. The largest absolute Gasteiger partial charge is 0.331 e. The van der Waals surface area contributed by atoms with Crippen molar-refractivity contribution >= 4 is 28.4 Å². The molecule has 0 radical (unpaired) electrons. The van der Waals surface area contributed by atoms with E-state index in [4.69, 9.17) is 11.6 Å². The first kappa shape index (κ1) is 20.8. The summed E-state index contributed by atoms with van der Waals surface area (Å²) in [4.78, 5) is 19.9. The average molecular weight is 425 g/mol. The van der Waals surface area contributed by atoms with Crippen LogP contribution in [0, 0.1) is 19.7 Å². The van der Waals surface area contributed by atoms with Gasteiger partial charge in [0.15, 0.2) is 0 Å². The number of benzene rings is 2. The van der Waals surface area contributed by atoms with E-state index in [1.165, 1.54) is 24.1 Å². The predicted molar refractivity (Wildman–Crippen MR) is 119 cm³/mol. The summed E-state index contributed by atoms with van der Waals surface area (Å²) in [5, 5.41) is 1.46. The van der Waals surface area contributed by atoms with Crippen molar-refractivity contribution in [3.05, 3.63) is 75.7 Å². The molecule has 0 unspecified atom stereocenters. The van der Waals surface area contributed by atoms with Gasteiger partial charge in [-0.2, -0.15) is 0 Å². The minimum atomic E-state index is -0.344. The molecular formula is C25H26ClFN2O. The monoisotopic (exact) mass is 424 g/mol. The molecule has 1 aliphatic carbocycles. The number of carbonyl (C=O) groups excluding carboxylic acids is 1. The van der Waals surface area contributed by atoms with Crippen LogP contribution in [0.25, 0.3) is 10.9 Å². The van der Waals surface area contributed by atoms with E-state index >= 15 is 0 Å². The van der Waals surface area contributed by atoms with Crippen LogP contribution in [0.3, 0.4) is 0 Å². The Balaban J connectivity index is 1.71. The number of hydrogen-bond acceptors (Lipinski definition) is 2. The number of aryl methyl sites for hydroxylation is 2. The van der Waals surface area contributed by atoms with Crippen molar-refractivity contribution < 1.29 is 9.18 Å². The van der Waals surface area contributed by atoms with Crippen LogP contribution in [0.5, 0.6) is 0 Å². The van der Waals surface area contributed by atoms with Gasteiger partial charge in [-0.05, 0) is 68.7 Å². The van der Waals surface area contributed by atoms with Crippen LogP contribution in [0.15, 0.2) is 42.5 Å². The highest BCUT2D eigenvalue weighted by atomic mass is 35.5. The molecule has 4 rings (SSSR count). The first-order valence-corrected chi connectivity index (χ1v) is 10.9. The molecule has 0 N–H and O–H groups in total. The summed E-state index contributed by atoms with van der Waals surface area (Å²) in [6, 6.07) is 12.2. The van der Waals surface area contributed by atoms with Gasteiger partial charge in [0, 0.05) is 29.1 Å². The number of pyridine rings is 1. The molecule has 30 heavy (non-hydrogen) atoms. The smallest absolute Gasteiger partial charge is 0.254 e. The number of fused-ring (bicyclic) bond motifs is 1. The van der Waals surface area contributed by atoms with Crippen LogP contribution < -0.4 is 0 Å². The highest BCUT2D eigenvalue weighted by Gasteiger charge is 2.27. The summed E-state index contributed by atoms with van der Waals surface area (Å²) >= 11 is 6.57. The Morgan fingerprint density at radius 3 is 2.50 bits per heavy atom. The molecule has 0 saturated heterocycles. The second-order valence-electron chi connectivity index (χ2n) is 8.32. The number of rotatable bonds is 4. The molecule has 1 aliphatic rings. The fourth-order valence-electron chi connectivity index (χ4n) is 4.48. The van der Waals surface area contributed by atoms with Crippen molar-refractivity contribution in [2.75, 3.05) is 0 Å². The van der Waals surface area contributed by atoms with E-state index in [1.807, 2.05) is 11.8 Å². The van der Waals surface area contributed by atoms with E-state index in [0.717, 1.165) is 47.7 Å². The molecule has 3 aromatic rings. The number of nitrogens with zero attached hydrogens (tertiary/aromatic N) is 2. The van der Waals surface area contributed by atoms with Gasteiger partial charge < -0.3 is 4.90 Å². The van der Waals surface area contributed by atoms with E-state index in [2.05, 4.69) is 30.1 Å². The molecule has 1 aromatic heterocycles. The molecule has 0 aliphatic heterocycles. The van der Waals surface area contributed by atoms with Crippen molar-refractivity contribution in [3.63, 3.8) is 0 Å². The Bertz CT molecular complexity index is 1070. The molecule has 5 heteroatoms. The third kappa shape index (κ3) is 4.34. The van der Waals surface area contributed by atoms with Crippen molar-refractivity contribution in [2.24, 2.45) is 0 Å². The molecule has 3 nitrogen and oxygen atoms in total. The first-order chi connectivity index (χ1) is 14.4. The molecule has 1 saturated carbocycles.